The van der Waals surface area contributed by atoms with Crippen molar-refractivity contribution in [2.75, 3.05) is 17.7 Å². The van der Waals surface area contributed by atoms with Crippen molar-refractivity contribution in [3.8, 4) is 0 Å². The van der Waals surface area contributed by atoms with E-state index in [0.717, 1.165) is 4.88 Å². The standard InChI is InChI=1S/C15H13ClFNO3S2/c16-13-5-4-12(23-13)8-22-9-15(20)21-7-14(19)18-11-3-1-2-10(17)6-11/h1-6H,7-9H2,(H,18,19). The van der Waals surface area contributed by atoms with E-state index in [0.29, 0.717) is 15.8 Å². The summed E-state index contributed by atoms with van der Waals surface area (Å²) in [6.07, 6.45) is 0. The van der Waals surface area contributed by atoms with Gasteiger partial charge in [0.2, 0.25) is 0 Å². The molecule has 0 aliphatic carbocycles. The SMILES string of the molecule is O=C(COC(=O)CSCc1ccc(Cl)s1)Nc1cccc(F)c1. The Morgan fingerprint density at radius 2 is 2.13 bits per heavy atom. The summed E-state index contributed by atoms with van der Waals surface area (Å²) in [4.78, 5) is 24.2. The van der Waals surface area contributed by atoms with Gasteiger partial charge in [-0.15, -0.1) is 23.1 Å². The van der Waals surface area contributed by atoms with Crippen LogP contribution in [-0.4, -0.2) is 24.2 Å². The normalized spacial score (nSPS) is 10.3. The molecule has 0 aliphatic rings. The predicted molar refractivity (Wildman–Crippen MR) is 91.5 cm³/mol. The van der Waals surface area contributed by atoms with Gasteiger partial charge in [-0.3, -0.25) is 9.59 Å². The summed E-state index contributed by atoms with van der Waals surface area (Å²) in [5.74, 6) is -0.652. The molecule has 0 saturated carbocycles. The van der Waals surface area contributed by atoms with Crippen molar-refractivity contribution < 1.29 is 18.7 Å². The average molecular weight is 374 g/mol. The fourth-order valence-electron chi connectivity index (χ4n) is 1.62. The first kappa shape index (κ1) is 17.8. The molecule has 4 nitrogen and oxygen atoms in total. The molecule has 1 heterocycles. The molecule has 122 valence electrons. The van der Waals surface area contributed by atoms with E-state index in [1.807, 2.05) is 6.07 Å². The third-order valence-corrected chi connectivity index (χ3v) is 4.93. The Bertz CT molecular complexity index is 693. The van der Waals surface area contributed by atoms with Gasteiger partial charge < -0.3 is 10.1 Å². The van der Waals surface area contributed by atoms with E-state index in [1.54, 1.807) is 12.1 Å². The Hall–Kier alpha value is -1.57. The van der Waals surface area contributed by atoms with Crippen LogP contribution in [0, 0.1) is 5.82 Å². The number of hydrogen-bond donors (Lipinski definition) is 1. The van der Waals surface area contributed by atoms with Gasteiger partial charge in [0.05, 0.1) is 10.1 Å². The molecule has 0 bridgehead atoms. The number of anilines is 1. The van der Waals surface area contributed by atoms with Crippen LogP contribution in [0.1, 0.15) is 4.88 Å². The van der Waals surface area contributed by atoms with Crippen LogP contribution in [0.4, 0.5) is 10.1 Å². The Morgan fingerprint density at radius 1 is 1.30 bits per heavy atom. The predicted octanol–water partition coefficient (Wildman–Crippen LogP) is 3.96. The summed E-state index contributed by atoms with van der Waals surface area (Å²) in [7, 11) is 0. The van der Waals surface area contributed by atoms with Crippen LogP contribution < -0.4 is 5.32 Å². The van der Waals surface area contributed by atoms with Gasteiger partial charge in [-0.2, -0.15) is 0 Å². The van der Waals surface area contributed by atoms with Gasteiger partial charge in [0, 0.05) is 16.3 Å². The smallest absolute Gasteiger partial charge is 0.316 e. The molecule has 0 atom stereocenters. The summed E-state index contributed by atoms with van der Waals surface area (Å²) in [6.45, 7) is -0.402. The number of carbonyl (C=O) groups is 2. The minimum Gasteiger partial charge on any atom is -0.455 e. The van der Waals surface area contributed by atoms with E-state index in [9.17, 15) is 14.0 Å². The lowest BCUT2D eigenvalue weighted by Crippen LogP contribution is -2.21. The molecule has 1 amide bonds. The van der Waals surface area contributed by atoms with Gasteiger partial charge in [-0.25, -0.2) is 4.39 Å². The monoisotopic (exact) mass is 373 g/mol. The van der Waals surface area contributed by atoms with Crippen molar-refractivity contribution in [1.29, 1.82) is 0 Å². The second-order valence-electron chi connectivity index (χ2n) is 4.42. The van der Waals surface area contributed by atoms with E-state index in [2.05, 4.69) is 5.32 Å². The highest BCUT2D eigenvalue weighted by atomic mass is 35.5. The summed E-state index contributed by atoms with van der Waals surface area (Å²) in [5, 5.41) is 2.45. The fraction of sp³-hybridized carbons (Fsp3) is 0.200. The van der Waals surface area contributed by atoms with Crippen molar-refractivity contribution in [1.82, 2.24) is 0 Å². The number of benzene rings is 1. The molecule has 2 rings (SSSR count). The van der Waals surface area contributed by atoms with E-state index < -0.39 is 24.3 Å². The van der Waals surface area contributed by atoms with E-state index in [-0.39, 0.29) is 5.75 Å². The molecule has 23 heavy (non-hydrogen) atoms. The molecule has 0 aliphatic heterocycles. The number of halogens is 2. The van der Waals surface area contributed by atoms with Crippen molar-refractivity contribution >= 4 is 52.3 Å². The Kier molecular flexibility index (Phi) is 6.88. The number of nitrogens with one attached hydrogen (secondary N) is 1. The first-order valence-electron chi connectivity index (χ1n) is 6.56. The van der Waals surface area contributed by atoms with Crippen LogP contribution >= 0.6 is 34.7 Å². The summed E-state index contributed by atoms with van der Waals surface area (Å²) in [6, 6.07) is 9.18. The quantitative estimate of drug-likeness (QED) is 0.746. The van der Waals surface area contributed by atoms with Gasteiger partial charge >= 0.3 is 5.97 Å². The number of esters is 1. The summed E-state index contributed by atoms with van der Waals surface area (Å²) in [5.41, 5.74) is 0.315. The van der Waals surface area contributed by atoms with Gasteiger partial charge in [-0.05, 0) is 30.3 Å². The van der Waals surface area contributed by atoms with Crippen molar-refractivity contribution in [2.45, 2.75) is 5.75 Å². The zero-order chi connectivity index (χ0) is 16.7. The minimum atomic E-state index is -0.515. The maximum absolute atomic E-state index is 13.0. The van der Waals surface area contributed by atoms with E-state index >= 15 is 0 Å². The minimum absolute atomic E-state index is 0.142. The first-order valence-corrected chi connectivity index (χ1v) is 8.91. The highest BCUT2D eigenvalue weighted by molar-refractivity contribution is 7.99. The topological polar surface area (TPSA) is 55.4 Å². The number of carbonyl (C=O) groups excluding carboxylic acids is 2. The largest absolute Gasteiger partial charge is 0.455 e. The molecular formula is C15H13ClFNO3S2. The van der Waals surface area contributed by atoms with Crippen LogP contribution in [0.3, 0.4) is 0 Å². The lowest BCUT2D eigenvalue weighted by molar-refractivity contribution is -0.144. The van der Waals surface area contributed by atoms with Crippen LogP contribution in [-0.2, 0) is 20.1 Å². The number of thioether (sulfide) groups is 1. The third-order valence-electron chi connectivity index (χ3n) is 2.57. The molecule has 1 N–H and O–H groups in total. The molecule has 8 heteroatoms. The summed E-state index contributed by atoms with van der Waals surface area (Å²) < 4.78 is 18.5. The van der Waals surface area contributed by atoms with Gasteiger partial charge in [0.25, 0.3) is 5.91 Å². The zero-order valence-corrected chi connectivity index (χ0v) is 14.3. The van der Waals surface area contributed by atoms with Crippen molar-refractivity contribution in [3.63, 3.8) is 0 Å². The lowest BCUT2D eigenvalue weighted by Gasteiger charge is -2.06. The number of rotatable bonds is 7. The third kappa shape index (κ3) is 6.60. The molecular weight excluding hydrogens is 361 g/mol. The second kappa shape index (κ2) is 8.90. The van der Waals surface area contributed by atoms with Crippen molar-refractivity contribution in [3.05, 3.63) is 51.4 Å². The van der Waals surface area contributed by atoms with Crippen LogP contribution in [0.2, 0.25) is 4.34 Å². The molecule has 2 aromatic rings. The van der Waals surface area contributed by atoms with Crippen molar-refractivity contribution in [2.24, 2.45) is 0 Å². The molecule has 1 aromatic heterocycles. The zero-order valence-electron chi connectivity index (χ0n) is 11.9. The summed E-state index contributed by atoms with van der Waals surface area (Å²) >= 11 is 8.65. The van der Waals surface area contributed by atoms with E-state index in [1.165, 1.54) is 41.3 Å². The number of ether oxygens (including phenoxy) is 1. The van der Waals surface area contributed by atoms with Crippen LogP contribution in [0.5, 0.6) is 0 Å². The fourth-order valence-corrected chi connectivity index (χ4v) is 3.63. The molecule has 1 aromatic carbocycles. The maximum Gasteiger partial charge on any atom is 0.316 e. The molecule has 0 fully saturated rings. The maximum atomic E-state index is 13.0. The first-order chi connectivity index (χ1) is 11.0. The molecule has 0 spiro atoms. The Morgan fingerprint density at radius 3 is 2.83 bits per heavy atom. The van der Waals surface area contributed by atoms with E-state index in [4.69, 9.17) is 16.3 Å². The van der Waals surface area contributed by atoms with Crippen LogP contribution in [0.15, 0.2) is 36.4 Å². The highest BCUT2D eigenvalue weighted by Gasteiger charge is 2.09. The Labute approximate surface area is 146 Å². The average Bonchev–Trinajstić information content (AvgIpc) is 2.91. The number of hydrogen-bond acceptors (Lipinski definition) is 5. The molecule has 0 unspecified atom stereocenters. The molecule has 0 saturated heterocycles. The highest BCUT2D eigenvalue weighted by Crippen LogP contribution is 2.25. The van der Waals surface area contributed by atoms with Gasteiger partial charge in [-0.1, -0.05) is 17.7 Å². The van der Waals surface area contributed by atoms with Crippen LogP contribution in [0.25, 0.3) is 0 Å². The van der Waals surface area contributed by atoms with Gasteiger partial charge in [0.1, 0.15) is 5.82 Å². The second-order valence-corrected chi connectivity index (χ2v) is 7.20. The number of thiophene rings is 1. The lowest BCUT2D eigenvalue weighted by atomic mass is 10.3. The van der Waals surface area contributed by atoms with Gasteiger partial charge in [0.15, 0.2) is 6.61 Å². The Balaban J connectivity index is 1.64. The molecule has 0 radical (unpaired) electrons. The number of amides is 1.